The quantitative estimate of drug-likeness (QED) is 0.494. The summed E-state index contributed by atoms with van der Waals surface area (Å²) in [6.07, 6.45) is -0.667. The van der Waals surface area contributed by atoms with E-state index in [-0.39, 0.29) is 22.9 Å². The number of hydrogen-bond acceptors (Lipinski definition) is 7. The maximum atomic E-state index is 13.3. The Bertz CT molecular complexity index is 1190. The predicted octanol–water partition coefficient (Wildman–Crippen LogP) is 5.70. The number of aromatic nitrogens is 3. The van der Waals surface area contributed by atoms with Crippen molar-refractivity contribution < 1.29 is 22.7 Å². The predicted molar refractivity (Wildman–Crippen MR) is 123 cm³/mol. The molecule has 1 saturated heterocycles. The molecule has 3 aromatic rings. The molecule has 0 radical (unpaired) electrons. The van der Waals surface area contributed by atoms with E-state index in [2.05, 4.69) is 27.2 Å². The largest absolute Gasteiger partial charge is 0.452 e. The van der Waals surface area contributed by atoms with Crippen molar-refractivity contribution in [3.05, 3.63) is 52.9 Å². The van der Waals surface area contributed by atoms with Crippen LogP contribution in [0.5, 0.6) is 11.5 Å². The SMILES string of the molecule is CC(=O)N1CCC(C)(c2csc(Nc3ncc(C(F)(F)F)cc3Oc3cccnc3C)n2)CC1. The monoisotopic (exact) mass is 491 g/mol. The van der Waals surface area contributed by atoms with Crippen molar-refractivity contribution in [2.45, 2.75) is 45.2 Å². The van der Waals surface area contributed by atoms with Gasteiger partial charge in [-0.1, -0.05) is 6.92 Å². The number of pyridine rings is 2. The molecule has 4 heterocycles. The zero-order valence-electron chi connectivity index (χ0n) is 18.9. The summed E-state index contributed by atoms with van der Waals surface area (Å²) in [5.41, 5.74) is 0.300. The lowest BCUT2D eigenvalue weighted by molar-refractivity contribution is -0.138. The summed E-state index contributed by atoms with van der Waals surface area (Å²) >= 11 is 1.34. The number of piperidine rings is 1. The summed E-state index contributed by atoms with van der Waals surface area (Å²) in [4.78, 5) is 26.2. The Balaban J connectivity index is 1.59. The fourth-order valence-electron chi connectivity index (χ4n) is 3.75. The molecule has 0 saturated carbocycles. The smallest absolute Gasteiger partial charge is 0.418 e. The lowest BCUT2D eigenvalue weighted by Gasteiger charge is -2.38. The van der Waals surface area contributed by atoms with Crippen LogP contribution in [-0.2, 0) is 16.4 Å². The van der Waals surface area contributed by atoms with Crippen molar-refractivity contribution >= 4 is 28.2 Å². The lowest BCUT2D eigenvalue weighted by atomic mass is 9.78. The van der Waals surface area contributed by atoms with Crippen molar-refractivity contribution in [1.29, 1.82) is 0 Å². The number of carbonyl (C=O) groups is 1. The van der Waals surface area contributed by atoms with Crippen LogP contribution >= 0.6 is 11.3 Å². The van der Waals surface area contributed by atoms with Gasteiger partial charge >= 0.3 is 6.18 Å². The van der Waals surface area contributed by atoms with Gasteiger partial charge < -0.3 is 15.0 Å². The average molecular weight is 492 g/mol. The van der Waals surface area contributed by atoms with Gasteiger partial charge in [0.15, 0.2) is 16.7 Å². The molecule has 0 bridgehead atoms. The number of halogens is 3. The van der Waals surface area contributed by atoms with Crippen LogP contribution in [0.25, 0.3) is 0 Å². The normalized spacial score (nSPS) is 15.8. The molecule has 0 aliphatic carbocycles. The molecule has 180 valence electrons. The standard InChI is InChI=1S/C23H24F3N5O2S/c1-14-17(5-4-8-27-14)33-18-11-16(23(24,25)26)12-28-20(18)30-21-29-19(13-34-21)22(3)6-9-31(10-7-22)15(2)32/h4-5,8,11-13H,6-7,9-10H2,1-3H3,(H,28,29,30). The van der Waals surface area contributed by atoms with Gasteiger partial charge in [0.2, 0.25) is 5.91 Å². The van der Waals surface area contributed by atoms with E-state index in [9.17, 15) is 18.0 Å². The van der Waals surface area contributed by atoms with Gasteiger partial charge in [-0.05, 0) is 38.0 Å². The van der Waals surface area contributed by atoms with Crippen molar-refractivity contribution in [3.8, 4) is 11.5 Å². The third kappa shape index (κ3) is 5.14. The molecule has 0 unspecified atom stereocenters. The minimum Gasteiger partial charge on any atom is -0.452 e. The summed E-state index contributed by atoms with van der Waals surface area (Å²) in [6, 6.07) is 4.18. The van der Waals surface area contributed by atoms with E-state index < -0.39 is 11.7 Å². The zero-order chi connectivity index (χ0) is 24.5. The van der Waals surface area contributed by atoms with Gasteiger partial charge in [0.05, 0.1) is 17.0 Å². The fraction of sp³-hybridized carbons (Fsp3) is 0.391. The number of ether oxygens (including phenoxy) is 1. The summed E-state index contributed by atoms with van der Waals surface area (Å²) < 4.78 is 45.7. The molecule has 1 N–H and O–H groups in total. The van der Waals surface area contributed by atoms with E-state index in [1.54, 1.807) is 32.2 Å². The minimum atomic E-state index is -4.56. The number of thiazole rings is 1. The van der Waals surface area contributed by atoms with Crippen molar-refractivity contribution in [3.63, 3.8) is 0 Å². The summed E-state index contributed by atoms with van der Waals surface area (Å²) in [5.74, 6) is 0.432. The number of hydrogen-bond donors (Lipinski definition) is 1. The first-order valence-corrected chi connectivity index (χ1v) is 11.6. The summed E-state index contributed by atoms with van der Waals surface area (Å²) in [6.45, 7) is 6.70. The lowest BCUT2D eigenvalue weighted by Crippen LogP contribution is -2.43. The molecular formula is C23H24F3N5O2S. The van der Waals surface area contributed by atoms with Crippen LogP contribution in [0.3, 0.4) is 0 Å². The molecule has 0 aromatic carbocycles. The molecule has 1 aliphatic heterocycles. The molecule has 4 rings (SSSR count). The van der Waals surface area contributed by atoms with Crippen LogP contribution in [0.1, 0.15) is 43.6 Å². The number of rotatable bonds is 5. The van der Waals surface area contributed by atoms with Gasteiger partial charge in [-0.15, -0.1) is 11.3 Å². The first-order chi connectivity index (χ1) is 16.0. The van der Waals surface area contributed by atoms with Crippen LogP contribution < -0.4 is 10.1 Å². The first-order valence-electron chi connectivity index (χ1n) is 10.7. The van der Waals surface area contributed by atoms with Gasteiger partial charge in [0.1, 0.15) is 5.75 Å². The Morgan fingerprint density at radius 1 is 1.24 bits per heavy atom. The number of anilines is 2. The second kappa shape index (κ2) is 9.21. The van der Waals surface area contributed by atoms with E-state index in [0.29, 0.717) is 29.7 Å². The highest BCUT2D eigenvalue weighted by atomic mass is 32.1. The highest BCUT2D eigenvalue weighted by Gasteiger charge is 2.35. The van der Waals surface area contributed by atoms with E-state index >= 15 is 0 Å². The number of likely N-dealkylation sites (tertiary alicyclic amines) is 1. The Morgan fingerprint density at radius 2 is 1.97 bits per heavy atom. The molecule has 1 fully saturated rings. The van der Waals surface area contributed by atoms with Gasteiger partial charge in [0, 0.05) is 43.2 Å². The number of alkyl halides is 3. The maximum absolute atomic E-state index is 13.3. The molecule has 0 spiro atoms. The highest BCUT2D eigenvalue weighted by molar-refractivity contribution is 7.13. The van der Waals surface area contributed by atoms with Crippen LogP contribution in [-0.4, -0.2) is 38.8 Å². The Hall–Kier alpha value is -3.21. The van der Waals surface area contributed by atoms with Crippen molar-refractivity contribution in [2.75, 3.05) is 18.4 Å². The number of carbonyl (C=O) groups excluding carboxylic acids is 1. The third-order valence-electron chi connectivity index (χ3n) is 6.02. The number of aryl methyl sites for hydroxylation is 1. The van der Waals surface area contributed by atoms with E-state index in [1.165, 1.54) is 11.3 Å². The summed E-state index contributed by atoms with van der Waals surface area (Å²) in [7, 11) is 0. The second-order valence-corrected chi connectivity index (χ2v) is 9.35. The maximum Gasteiger partial charge on any atom is 0.418 e. The highest BCUT2D eigenvalue weighted by Crippen LogP contribution is 2.40. The van der Waals surface area contributed by atoms with E-state index in [4.69, 9.17) is 4.74 Å². The Morgan fingerprint density at radius 3 is 2.62 bits per heavy atom. The number of nitrogens with zero attached hydrogens (tertiary/aromatic N) is 4. The number of nitrogens with one attached hydrogen (secondary N) is 1. The van der Waals surface area contributed by atoms with Gasteiger partial charge in [-0.2, -0.15) is 13.2 Å². The molecular weight excluding hydrogens is 467 g/mol. The van der Waals surface area contributed by atoms with E-state index in [1.807, 2.05) is 10.3 Å². The van der Waals surface area contributed by atoms with Crippen molar-refractivity contribution in [2.24, 2.45) is 0 Å². The zero-order valence-corrected chi connectivity index (χ0v) is 19.8. The van der Waals surface area contributed by atoms with Gasteiger partial charge in [0.25, 0.3) is 0 Å². The molecule has 11 heteroatoms. The minimum absolute atomic E-state index is 0.0624. The number of amides is 1. The molecule has 34 heavy (non-hydrogen) atoms. The van der Waals surface area contributed by atoms with Crippen LogP contribution in [0.2, 0.25) is 0 Å². The van der Waals surface area contributed by atoms with Gasteiger partial charge in [-0.3, -0.25) is 9.78 Å². The third-order valence-corrected chi connectivity index (χ3v) is 6.78. The van der Waals surface area contributed by atoms with Gasteiger partial charge in [-0.25, -0.2) is 9.97 Å². The molecule has 1 amide bonds. The molecule has 7 nitrogen and oxygen atoms in total. The van der Waals surface area contributed by atoms with Crippen LogP contribution in [0, 0.1) is 6.92 Å². The topological polar surface area (TPSA) is 80.2 Å². The molecule has 0 atom stereocenters. The van der Waals surface area contributed by atoms with E-state index in [0.717, 1.165) is 30.8 Å². The average Bonchev–Trinajstić information content (AvgIpc) is 3.25. The fourth-order valence-corrected chi connectivity index (χ4v) is 4.62. The van der Waals surface area contributed by atoms with Crippen LogP contribution in [0.15, 0.2) is 36.0 Å². The Kier molecular flexibility index (Phi) is 6.48. The molecule has 1 aliphatic rings. The second-order valence-electron chi connectivity index (χ2n) is 8.49. The van der Waals surface area contributed by atoms with Crippen molar-refractivity contribution in [1.82, 2.24) is 19.9 Å². The first kappa shape index (κ1) is 23.9. The molecule has 3 aromatic heterocycles. The Labute approximate surface area is 199 Å². The van der Waals surface area contributed by atoms with Crippen LogP contribution in [0.4, 0.5) is 24.1 Å². The summed E-state index contributed by atoms with van der Waals surface area (Å²) in [5, 5.41) is 5.44.